The van der Waals surface area contributed by atoms with Gasteiger partial charge in [-0.2, -0.15) is 0 Å². The highest BCUT2D eigenvalue weighted by atomic mass is 32.2. The van der Waals surface area contributed by atoms with E-state index in [1.807, 2.05) is 0 Å². The minimum Gasteiger partial charge on any atom is -0.481 e. The number of ether oxygens (including phenoxy) is 1. The van der Waals surface area contributed by atoms with Crippen molar-refractivity contribution in [2.75, 3.05) is 18.0 Å². The van der Waals surface area contributed by atoms with E-state index in [9.17, 15) is 12.8 Å². The number of hydrogen-bond donors (Lipinski definition) is 0. The average molecular weight is 333 g/mol. The summed E-state index contributed by atoms with van der Waals surface area (Å²) in [4.78, 5) is 0.0639. The summed E-state index contributed by atoms with van der Waals surface area (Å²) < 4.78 is 44.9. The molecule has 0 radical (unpaired) electrons. The van der Waals surface area contributed by atoms with Crippen molar-refractivity contribution >= 4 is 15.7 Å². The quantitative estimate of drug-likeness (QED) is 0.790. The molecule has 0 saturated heterocycles. The molecule has 0 heterocycles. The second-order valence-electron chi connectivity index (χ2n) is 4.87. The molecular formula is C17H16FNO3S. The van der Waals surface area contributed by atoms with E-state index in [1.54, 1.807) is 31.2 Å². The van der Waals surface area contributed by atoms with Gasteiger partial charge in [0.15, 0.2) is 0 Å². The number of rotatable bonds is 5. The van der Waals surface area contributed by atoms with E-state index in [4.69, 9.17) is 11.2 Å². The third-order valence-electron chi connectivity index (χ3n) is 3.30. The fourth-order valence-corrected chi connectivity index (χ4v) is 3.47. The molecule has 0 spiro atoms. The lowest BCUT2D eigenvalue weighted by Crippen LogP contribution is -2.27. The van der Waals surface area contributed by atoms with Gasteiger partial charge < -0.3 is 4.74 Å². The molecule has 0 aliphatic rings. The van der Waals surface area contributed by atoms with Gasteiger partial charge in [-0.1, -0.05) is 5.92 Å². The molecule has 0 N–H and O–H groups in total. The number of anilines is 1. The molecule has 0 bridgehead atoms. The molecule has 0 saturated carbocycles. The first-order chi connectivity index (χ1) is 10.9. The summed E-state index contributed by atoms with van der Waals surface area (Å²) in [5, 5.41) is 0. The first kappa shape index (κ1) is 16.8. The van der Waals surface area contributed by atoms with Gasteiger partial charge in [0.05, 0.1) is 10.6 Å². The van der Waals surface area contributed by atoms with E-state index in [1.165, 1.54) is 19.2 Å². The minimum absolute atomic E-state index is 0.0639. The van der Waals surface area contributed by atoms with E-state index >= 15 is 0 Å². The molecule has 23 heavy (non-hydrogen) atoms. The van der Waals surface area contributed by atoms with Crippen LogP contribution < -0.4 is 9.04 Å². The summed E-state index contributed by atoms with van der Waals surface area (Å²) in [5.41, 5.74) is 0.813. The monoisotopic (exact) mass is 333 g/mol. The van der Waals surface area contributed by atoms with Crippen molar-refractivity contribution in [1.82, 2.24) is 0 Å². The van der Waals surface area contributed by atoms with E-state index < -0.39 is 15.8 Å². The molecule has 4 nitrogen and oxygen atoms in total. The first-order valence-corrected chi connectivity index (χ1v) is 8.21. The zero-order chi connectivity index (χ0) is 17.0. The lowest BCUT2D eigenvalue weighted by Gasteiger charge is -2.21. The highest BCUT2D eigenvalue weighted by Gasteiger charge is 2.23. The van der Waals surface area contributed by atoms with E-state index in [0.717, 1.165) is 10.4 Å². The molecule has 2 aromatic carbocycles. The molecule has 0 fully saturated rings. The smallest absolute Gasteiger partial charge is 0.264 e. The maximum atomic E-state index is 13.2. The van der Waals surface area contributed by atoms with Gasteiger partial charge in [0.2, 0.25) is 0 Å². The Kier molecular flexibility index (Phi) is 4.92. The van der Waals surface area contributed by atoms with Crippen molar-refractivity contribution < 1.29 is 17.5 Å². The summed E-state index contributed by atoms with van der Waals surface area (Å²) >= 11 is 0. The van der Waals surface area contributed by atoms with Crippen LogP contribution >= 0.6 is 0 Å². The lowest BCUT2D eigenvalue weighted by molar-refractivity contribution is 0.370. The van der Waals surface area contributed by atoms with Crippen molar-refractivity contribution in [3.8, 4) is 18.1 Å². The number of benzene rings is 2. The standard InChI is InChI=1S/C17H16FNO3S/c1-4-11-22-16-8-6-15(7-9-16)19(3)23(20,21)17-10-5-14(18)12-13(17)2/h1,5-10,12H,11H2,2-3H3. The zero-order valence-electron chi connectivity index (χ0n) is 12.8. The third kappa shape index (κ3) is 3.63. The zero-order valence-corrected chi connectivity index (χ0v) is 13.6. The Hall–Kier alpha value is -2.52. The Balaban J connectivity index is 2.31. The van der Waals surface area contributed by atoms with Crippen LogP contribution in [0.25, 0.3) is 0 Å². The second kappa shape index (κ2) is 6.71. The van der Waals surface area contributed by atoms with Crippen LogP contribution in [-0.2, 0) is 10.0 Å². The normalized spacial score (nSPS) is 10.9. The largest absolute Gasteiger partial charge is 0.481 e. The number of halogens is 1. The van der Waals surface area contributed by atoms with Crippen LogP contribution in [0.2, 0.25) is 0 Å². The summed E-state index contributed by atoms with van der Waals surface area (Å²) in [6, 6.07) is 10.1. The van der Waals surface area contributed by atoms with Crippen molar-refractivity contribution in [2.24, 2.45) is 0 Å². The van der Waals surface area contributed by atoms with Crippen LogP contribution in [0.15, 0.2) is 47.4 Å². The predicted molar refractivity (Wildman–Crippen MR) is 87.5 cm³/mol. The number of aryl methyl sites for hydroxylation is 1. The maximum absolute atomic E-state index is 13.2. The van der Waals surface area contributed by atoms with Gasteiger partial charge in [0.25, 0.3) is 10.0 Å². The summed E-state index contributed by atoms with van der Waals surface area (Å²) in [6.07, 6.45) is 5.11. The Bertz CT molecular complexity index is 839. The maximum Gasteiger partial charge on any atom is 0.264 e. The topological polar surface area (TPSA) is 46.6 Å². The molecule has 120 valence electrons. The van der Waals surface area contributed by atoms with Crippen molar-refractivity contribution in [3.05, 3.63) is 53.8 Å². The van der Waals surface area contributed by atoms with Gasteiger partial charge in [0, 0.05) is 7.05 Å². The minimum atomic E-state index is -3.78. The van der Waals surface area contributed by atoms with Gasteiger partial charge in [-0.15, -0.1) is 6.42 Å². The molecule has 0 aliphatic carbocycles. The summed E-state index contributed by atoms with van der Waals surface area (Å²) in [7, 11) is -2.34. The molecular weight excluding hydrogens is 317 g/mol. The van der Waals surface area contributed by atoms with Gasteiger partial charge >= 0.3 is 0 Å². The van der Waals surface area contributed by atoms with Crippen LogP contribution in [0, 0.1) is 25.1 Å². The summed E-state index contributed by atoms with van der Waals surface area (Å²) in [5.74, 6) is 2.43. The molecule has 0 atom stereocenters. The molecule has 6 heteroatoms. The molecule has 0 aromatic heterocycles. The molecule has 2 rings (SSSR count). The van der Waals surface area contributed by atoms with Crippen LogP contribution in [0.3, 0.4) is 0 Å². The van der Waals surface area contributed by atoms with Crippen LogP contribution in [-0.4, -0.2) is 22.1 Å². The predicted octanol–water partition coefficient (Wildman–Crippen LogP) is 2.97. The summed E-state index contributed by atoms with van der Waals surface area (Å²) in [6.45, 7) is 1.70. The highest BCUT2D eigenvalue weighted by molar-refractivity contribution is 7.92. The lowest BCUT2D eigenvalue weighted by atomic mass is 10.2. The molecule has 0 amide bonds. The van der Waals surface area contributed by atoms with E-state index in [-0.39, 0.29) is 11.5 Å². The van der Waals surface area contributed by atoms with Gasteiger partial charge in [-0.3, -0.25) is 4.31 Å². The van der Waals surface area contributed by atoms with Crippen LogP contribution in [0.1, 0.15) is 5.56 Å². The third-order valence-corrected chi connectivity index (χ3v) is 5.24. The van der Waals surface area contributed by atoms with Crippen molar-refractivity contribution in [3.63, 3.8) is 0 Å². The van der Waals surface area contributed by atoms with Gasteiger partial charge in [0.1, 0.15) is 18.2 Å². The average Bonchev–Trinajstić information content (AvgIpc) is 2.52. The first-order valence-electron chi connectivity index (χ1n) is 6.77. The highest BCUT2D eigenvalue weighted by Crippen LogP contribution is 2.26. The fraction of sp³-hybridized carbons (Fsp3) is 0.176. The Morgan fingerprint density at radius 2 is 1.87 bits per heavy atom. The van der Waals surface area contributed by atoms with Gasteiger partial charge in [-0.25, -0.2) is 12.8 Å². The van der Waals surface area contributed by atoms with Crippen molar-refractivity contribution in [2.45, 2.75) is 11.8 Å². The van der Waals surface area contributed by atoms with Crippen molar-refractivity contribution in [1.29, 1.82) is 0 Å². The molecule has 2 aromatic rings. The number of nitrogens with zero attached hydrogens (tertiary/aromatic N) is 1. The fourth-order valence-electron chi connectivity index (χ4n) is 2.07. The Morgan fingerprint density at radius 3 is 2.43 bits per heavy atom. The van der Waals surface area contributed by atoms with Gasteiger partial charge in [-0.05, 0) is 55.0 Å². The number of hydrogen-bond acceptors (Lipinski definition) is 3. The van der Waals surface area contributed by atoms with Crippen LogP contribution in [0.5, 0.6) is 5.75 Å². The second-order valence-corrected chi connectivity index (χ2v) is 6.81. The van der Waals surface area contributed by atoms with Crippen LogP contribution in [0.4, 0.5) is 10.1 Å². The number of sulfonamides is 1. The number of terminal acetylenes is 1. The molecule has 0 aliphatic heterocycles. The Morgan fingerprint density at radius 1 is 1.22 bits per heavy atom. The van der Waals surface area contributed by atoms with E-state index in [2.05, 4.69) is 5.92 Å². The van der Waals surface area contributed by atoms with E-state index in [0.29, 0.717) is 17.0 Å². The Labute approximate surface area is 135 Å². The SMILES string of the molecule is C#CCOc1ccc(N(C)S(=O)(=O)c2ccc(F)cc2C)cc1. The molecule has 0 unspecified atom stereocenters.